The molecule has 6 heteroatoms. The van der Waals surface area contributed by atoms with Gasteiger partial charge >= 0.3 is 11.6 Å². The van der Waals surface area contributed by atoms with E-state index in [0.717, 1.165) is 32.5 Å². The van der Waals surface area contributed by atoms with Gasteiger partial charge in [-0.15, -0.1) is 0 Å². The number of ether oxygens (including phenoxy) is 2. The molecule has 6 nitrogen and oxygen atoms in total. The number of carbonyl (C=O) groups is 1. The Kier molecular flexibility index (Phi) is 6.38. The van der Waals surface area contributed by atoms with Crippen molar-refractivity contribution in [1.82, 2.24) is 0 Å². The van der Waals surface area contributed by atoms with Crippen molar-refractivity contribution in [3.8, 4) is 16.9 Å². The van der Waals surface area contributed by atoms with Gasteiger partial charge in [-0.1, -0.05) is 60.7 Å². The SMILES string of the molecule is CC(C)OC(=O)[C@H](Cc1ccccc1)[NH+]1COc2ccc3c(-c4ccccc4)cc(=O)oc3c2C1. The van der Waals surface area contributed by atoms with Gasteiger partial charge in [0.15, 0.2) is 11.6 Å². The number of rotatable bonds is 6. The number of nitrogens with one attached hydrogen (secondary N) is 1. The first kappa shape index (κ1) is 22.9. The smallest absolute Gasteiger partial charge is 0.365 e. The summed E-state index contributed by atoms with van der Waals surface area (Å²) in [6.07, 6.45) is 0.301. The first-order chi connectivity index (χ1) is 17.0. The Morgan fingerprint density at radius 2 is 1.71 bits per heavy atom. The van der Waals surface area contributed by atoms with E-state index < -0.39 is 11.7 Å². The van der Waals surface area contributed by atoms with Crippen LogP contribution in [-0.4, -0.2) is 24.8 Å². The fraction of sp³-hybridized carbons (Fsp3) is 0.241. The van der Waals surface area contributed by atoms with Crippen molar-refractivity contribution in [3.05, 3.63) is 100 Å². The molecule has 1 aliphatic rings. The minimum Gasteiger partial charge on any atom is -0.459 e. The highest BCUT2D eigenvalue weighted by Gasteiger charge is 2.36. The fourth-order valence-electron chi connectivity index (χ4n) is 4.65. The lowest BCUT2D eigenvalue weighted by molar-refractivity contribution is -0.948. The number of carbonyl (C=O) groups excluding carboxylic acids is 1. The minimum absolute atomic E-state index is 0.217. The molecule has 0 aliphatic carbocycles. The van der Waals surface area contributed by atoms with Crippen molar-refractivity contribution < 1.29 is 23.6 Å². The first-order valence-corrected chi connectivity index (χ1v) is 11.9. The predicted octanol–water partition coefficient (Wildman–Crippen LogP) is 3.76. The van der Waals surface area contributed by atoms with Crippen molar-refractivity contribution in [3.63, 3.8) is 0 Å². The number of fused-ring (bicyclic) bond motifs is 3. The minimum atomic E-state index is -0.466. The van der Waals surface area contributed by atoms with E-state index in [4.69, 9.17) is 13.9 Å². The summed E-state index contributed by atoms with van der Waals surface area (Å²) in [7, 11) is 0. The number of hydrogen-bond acceptors (Lipinski definition) is 5. The summed E-state index contributed by atoms with van der Waals surface area (Å²) in [6.45, 7) is 4.48. The molecule has 0 radical (unpaired) electrons. The van der Waals surface area contributed by atoms with Gasteiger partial charge in [0.05, 0.1) is 11.7 Å². The maximum Gasteiger partial charge on any atom is 0.365 e. The van der Waals surface area contributed by atoms with Crippen molar-refractivity contribution in [2.75, 3.05) is 6.73 Å². The molecule has 35 heavy (non-hydrogen) atoms. The second-order valence-electron chi connectivity index (χ2n) is 9.12. The summed E-state index contributed by atoms with van der Waals surface area (Å²) in [5.41, 5.74) is 3.67. The Labute approximate surface area is 203 Å². The molecule has 0 bridgehead atoms. The summed E-state index contributed by atoms with van der Waals surface area (Å²) in [5.74, 6) is 0.405. The molecule has 0 saturated carbocycles. The molecule has 3 aromatic carbocycles. The van der Waals surface area contributed by atoms with Crippen molar-refractivity contribution >= 4 is 16.9 Å². The Hall–Kier alpha value is -3.90. The Morgan fingerprint density at radius 1 is 1.00 bits per heavy atom. The molecule has 0 amide bonds. The van der Waals surface area contributed by atoms with Crippen molar-refractivity contribution in [1.29, 1.82) is 0 Å². The standard InChI is InChI=1S/C29H27NO5/c1-19(2)34-29(32)25(15-20-9-5-3-6-10-20)30-17-24-26(33-18-30)14-13-22-23(16-27(31)35-28(22)24)21-11-7-4-8-12-21/h3-14,16,19,25H,15,17-18H2,1-2H3/p+1/t25-/m0/s1. The normalized spacial score (nSPS) is 15.9. The highest BCUT2D eigenvalue weighted by atomic mass is 16.5. The fourth-order valence-corrected chi connectivity index (χ4v) is 4.65. The van der Waals surface area contributed by atoms with Gasteiger partial charge in [-0.05, 0) is 42.7 Å². The van der Waals surface area contributed by atoms with Crippen molar-refractivity contribution in [2.24, 2.45) is 0 Å². The molecule has 1 unspecified atom stereocenters. The van der Waals surface area contributed by atoms with Gasteiger partial charge in [-0.25, -0.2) is 9.59 Å². The molecule has 4 aromatic rings. The van der Waals surface area contributed by atoms with Crippen LogP contribution in [0.3, 0.4) is 0 Å². The third kappa shape index (κ3) is 4.84. The molecule has 1 aromatic heterocycles. The van der Waals surface area contributed by atoms with Crippen LogP contribution in [0.15, 0.2) is 88.1 Å². The van der Waals surface area contributed by atoms with E-state index >= 15 is 0 Å². The van der Waals surface area contributed by atoms with E-state index in [2.05, 4.69) is 0 Å². The summed E-state index contributed by atoms with van der Waals surface area (Å²) in [6, 6.07) is 24.6. The highest BCUT2D eigenvalue weighted by Crippen LogP contribution is 2.34. The predicted molar refractivity (Wildman–Crippen MR) is 133 cm³/mol. The van der Waals surface area contributed by atoms with Crippen LogP contribution in [-0.2, 0) is 22.5 Å². The largest absolute Gasteiger partial charge is 0.459 e. The van der Waals surface area contributed by atoms with Crippen molar-refractivity contribution in [2.45, 2.75) is 39.0 Å². The molecular formula is C29H28NO5+. The maximum atomic E-state index is 13.2. The van der Waals surface area contributed by atoms with E-state index in [9.17, 15) is 9.59 Å². The van der Waals surface area contributed by atoms with Crippen LogP contribution in [0.25, 0.3) is 22.1 Å². The third-order valence-electron chi connectivity index (χ3n) is 6.29. The number of esters is 1. The van der Waals surface area contributed by atoms with E-state index in [1.165, 1.54) is 6.07 Å². The zero-order valence-electron chi connectivity index (χ0n) is 19.8. The van der Waals surface area contributed by atoms with Gasteiger partial charge in [0, 0.05) is 17.9 Å². The average Bonchev–Trinajstić information content (AvgIpc) is 2.87. The average molecular weight is 471 g/mol. The lowest BCUT2D eigenvalue weighted by Crippen LogP contribution is -3.17. The Balaban J connectivity index is 1.55. The van der Waals surface area contributed by atoms with Gasteiger partial charge in [0.2, 0.25) is 6.73 Å². The topological polar surface area (TPSA) is 70.2 Å². The Bertz CT molecular complexity index is 1400. The molecule has 2 atom stereocenters. The Morgan fingerprint density at radius 3 is 2.43 bits per heavy atom. The number of quaternary nitrogens is 1. The zero-order valence-corrected chi connectivity index (χ0v) is 19.8. The van der Waals surface area contributed by atoms with E-state index in [0.29, 0.717) is 31.0 Å². The molecule has 5 rings (SSSR count). The molecule has 0 fully saturated rings. The van der Waals surface area contributed by atoms with Crippen LogP contribution in [0.4, 0.5) is 0 Å². The molecule has 1 aliphatic heterocycles. The van der Waals surface area contributed by atoms with Gasteiger partial charge < -0.3 is 13.9 Å². The van der Waals surface area contributed by atoms with Gasteiger partial charge in [-0.3, -0.25) is 4.90 Å². The summed E-state index contributed by atoms with van der Waals surface area (Å²) >= 11 is 0. The van der Waals surface area contributed by atoms with Gasteiger partial charge in [0.1, 0.15) is 12.3 Å². The zero-order chi connectivity index (χ0) is 24.4. The van der Waals surface area contributed by atoms with Crippen LogP contribution >= 0.6 is 0 Å². The quantitative estimate of drug-likeness (QED) is 0.343. The first-order valence-electron chi connectivity index (χ1n) is 11.9. The number of benzene rings is 3. The molecule has 178 valence electrons. The summed E-state index contributed by atoms with van der Waals surface area (Å²) in [4.78, 5) is 26.6. The van der Waals surface area contributed by atoms with Crippen LogP contribution in [0.5, 0.6) is 5.75 Å². The van der Waals surface area contributed by atoms with Gasteiger partial charge in [0.25, 0.3) is 0 Å². The second-order valence-corrected chi connectivity index (χ2v) is 9.12. The monoisotopic (exact) mass is 470 g/mol. The van der Waals surface area contributed by atoms with Crippen LogP contribution < -0.4 is 15.3 Å². The van der Waals surface area contributed by atoms with Crippen LogP contribution in [0, 0.1) is 0 Å². The van der Waals surface area contributed by atoms with Crippen LogP contribution in [0.1, 0.15) is 25.0 Å². The highest BCUT2D eigenvalue weighted by molar-refractivity contribution is 5.95. The molecule has 0 saturated heterocycles. The second kappa shape index (κ2) is 9.76. The van der Waals surface area contributed by atoms with Crippen LogP contribution in [0.2, 0.25) is 0 Å². The third-order valence-corrected chi connectivity index (χ3v) is 6.29. The van der Waals surface area contributed by atoms with E-state index in [1.54, 1.807) is 0 Å². The lowest BCUT2D eigenvalue weighted by Gasteiger charge is -2.32. The molecule has 2 heterocycles. The molecular weight excluding hydrogens is 442 g/mol. The van der Waals surface area contributed by atoms with E-state index in [1.807, 2.05) is 86.6 Å². The molecule has 0 spiro atoms. The summed E-state index contributed by atoms with van der Waals surface area (Å²) in [5, 5.41) is 0.837. The number of hydrogen-bond donors (Lipinski definition) is 1. The maximum absolute atomic E-state index is 13.2. The molecule has 1 N–H and O–H groups in total. The lowest BCUT2D eigenvalue weighted by atomic mass is 9.98. The summed E-state index contributed by atoms with van der Waals surface area (Å²) < 4.78 is 17.4. The van der Waals surface area contributed by atoms with Gasteiger partial charge in [-0.2, -0.15) is 0 Å². The van der Waals surface area contributed by atoms with E-state index in [-0.39, 0.29) is 12.1 Å².